The number of aromatic amines is 1. The number of aliphatic hydroxyl groups excluding tert-OH is 1. The van der Waals surface area contributed by atoms with Crippen LogP contribution in [0.2, 0.25) is 0 Å². The van der Waals surface area contributed by atoms with Crippen LogP contribution in [0.5, 0.6) is 0 Å². The van der Waals surface area contributed by atoms with E-state index in [0.29, 0.717) is 30.0 Å². The lowest BCUT2D eigenvalue weighted by atomic mass is 10.1. The third-order valence-corrected chi connectivity index (χ3v) is 4.33. The molecule has 1 amide bonds. The van der Waals surface area contributed by atoms with Crippen molar-refractivity contribution in [3.05, 3.63) is 53.7 Å². The van der Waals surface area contributed by atoms with Gasteiger partial charge >= 0.3 is 0 Å². The van der Waals surface area contributed by atoms with Crippen LogP contribution >= 0.6 is 0 Å². The molecule has 8 nitrogen and oxygen atoms in total. The van der Waals surface area contributed by atoms with Crippen molar-refractivity contribution in [2.24, 2.45) is 0 Å². The Bertz CT molecular complexity index is 886. The largest absolute Gasteiger partial charge is 0.390 e. The topological polar surface area (TPSA) is 99.9 Å². The van der Waals surface area contributed by atoms with Crippen LogP contribution in [0.25, 0.3) is 11.3 Å². The molecule has 0 radical (unpaired) electrons. The van der Waals surface area contributed by atoms with Crippen molar-refractivity contribution in [1.29, 1.82) is 0 Å². The molecule has 25 heavy (non-hydrogen) atoms. The quantitative estimate of drug-likeness (QED) is 0.748. The summed E-state index contributed by atoms with van der Waals surface area (Å²) < 4.78 is 1.87. The number of hydrogen-bond donors (Lipinski definition) is 2. The molecule has 0 spiro atoms. The van der Waals surface area contributed by atoms with Gasteiger partial charge in [0.2, 0.25) is 0 Å². The average Bonchev–Trinajstić information content (AvgIpc) is 3.24. The fraction of sp³-hybridized carbons (Fsp3) is 0.294. The monoisotopic (exact) mass is 338 g/mol. The predicted molar refractivity (Wildman–Crippen MR) is 89.3 cm³/mol. The van der Waals surface area contributed by atoms with E-state index in [1.807, 2.05) is 22.9 Å². The second kappa shape index (κ2) is 6.48. The Hall–Kier alpha value is -3.00. The zero-order valence-electron chi connectivity index (χ0n) is 13.6. The van der Waals surface area contributed by atoms with Gasteiger partial charge in [-0.15, -0.1) is 0 Å². The Morgan fingerprint density at radius 2 is 2.24 bits per heavy atom. The number of pyridine rings is 1. The van der Waals surface area contributed by atoms with Crippen molar-refractivity contribution in [2.45, 2.75) is 26.1 Å². The zero-order chi connectivity index (χ0) is 17.2. The molecule has 0 fully saturated rings. The highest BCUT2D eigenvalue weighted by Gasteiger charge is 2.25. The molecule has 128 valence electrons. The number of aliphatic hydroxyl groups is 1. The van der Waals surface area contributed by atoms with Crippen LogP contribution in [0.4, 0.5) is 0 Å². The van der Waals surface area contributed by atoms with Gasteiger partial charge in [-0.25, -0.2) is 0 Å². The fourth-order valence-electron chi connectivity index (χ4n) is 3.12. The van der Waals surface area contributed by atoms with Crippen LogP contribution in [0.3, 0.4) is 0 Å². The number of rotatable bonds is 3. The minimum atomic E-state index is -0.0964. The first-order valence-corrected chi connectivity index (χ1v) is 8.16. The van der Waals surface area contributed by atoms with Gasteiger partial charge in [0, 0.05) is 31.0 Å². The number of amides is 1. The minimum absolute atomic E-state index is 0.0761. The van der Waals surface area contributed by atoms with Crippen LogP contribution in [-0.2, 0) is 19.7 Å². The van der Waals surface area contributed by atoms with E-state index >= 15 is 0 Å². The van der Waals surface area contributed by atoms with Gasteiger partial charge in [0.15, 0.2) is 0 Å². The zero-order valence-corrected chi connectivity index (χ0v) is 13.6. The van der Waals surface area contributed by atoms with Crippen LogP contribution in [0, 0.1) is 0 Å². The Labute approximate surface area is 144 Å². The number of aryl methyl sites for hydroxylation is 1. The van der Waals surface area contributed by atoms with E-state index in [2.05, 4.69) is 20.3 Å². The van der Waals surface area contributed by atoms with Crippen LogP contribution in [0.1, 0.15) is 28.2 Å². The van der Waals surface area contributed by atoms with Crippen molar-refractivity contribution in [2.75, 3.05) is 6.54 Å². The van der Waals surface area contributed by atoms with Crippen LogP contribution in [0.15, 0.2) is 36.8 Å². The maximum atomic E-state index is 13.1. The molecule has 2 N–H and O–H groups in total. The van der Waals surface area contributed by atoms with E-state index in [0.717, 1.165) is 24.2 Å². The summed E-state index contributed by atoms with van der Waals surface area (Å²) in [4.78, 5) is 19.0. The van der Waals surface area contributed by atoms with Gasteiger partial charge < -0.3 is 10.0 Å². The van der Waals surface area contributed by atoms with Crippen molar-refractivity contribution in [3.63, 3.8) is 0 Å². The second-order valence-electron chi connectivity index (χ2n) is 5.99. The van der Waals surface area contributed by atoms with Crippen molar-refractivity contribution in [3.8, 4) is 11.3 Å². The standard InChI is InChI=1S/C17H18N6O2/c24-11-13-7-14-10-22(5-2-6-23(14)21-13)17(25)15-9-19-20-16(15)12-3-1-4-18-8-12/h1,3-4,7-9,24H,2,5-6,10-11H2,(H,19,20). The van der Waals surface area contributed by atoms with E-state index in [-0.39, 0.29) is 12.5 Å². The van der Waals surface area contributed by atoms with Gasteiger partial charge in [-0.2, -0.15) is 10.2 Å². The average molecular weight is 338 g/mol. The van der Waals surface area contributed by atoms with Crippen molar-refractivity contribution >= 4 is 5.91 Å². The van der Waals surface area contributed by atoms with Gasteiger partial charge in [0.05, 0.1) is 42.0 Å². The normalized spacial score (nSPS) is 14.2. The molecule has 8 heteroatoms. The summed E-state index contributed by atoms with van der Waals surface area (Å²) in [6.07, 6.45) is 5.77. The molecule has 0 bridgehead atoms. The van der Waals surface area contributed by atoms with Gasteiger partial charge in [-0.05, 0) is 24.6 Å². The summed E-state index contributed by atoms with van der Waals surface area (Å²) in [5, 5.41) is 20.6. The number of H-pyrrole nitrogens is 1. The van der Waals surface area contributed by atoms with Gasteiger partial charge in [0.1, 0.15) is 0 Å². The van der Waals surface area contributed by atoms with Crippen molar-refractivity contribution in [1.82, 2.24) is 29.9 Å². The third-order valence-electron chi connectivity index (χ3n) is 4.33. The molecule has 0 aliphatic carbocycles. The molecule has 0 aromatic carbocycles. The molecular formula is C17H18N6O2. The van der Waals surface area contributed by atoms with Gasteiger partial charge in [0.25, 0.3) is 5.91 Å². The first-order chi connectivity index (χ1) is 12.3. The van der Waals surface area contributed by atoms with Gasteiger partial charge in [-0.3, -0.25) is 19.6 Å². The number of aromatic nitrogens is 5. The van der Waals surface area contributed by atoms with Gasteiger partial charge in [-0.1, -0.05) is 0 Å². The van der Waals surface area contributed by atoms with Crippen LogP contribution in [-0.4, -0.2) is 47.4 Å². The molecule has 1 aliphatic heterocycles. The molecule has 1 aliphatic rings. The Kier molecular flexibility index (Phi) is 4.02. The van der Waals surface area contributed by atoms with E-state index < -0.39 is 0 Å². The molecule has 3 aromatic heterocycles. The Morgan fingerprint density at radius 1 is 1.32 bits per heavy atom. The number of nitrogens with zero attached hydrogens (tertiary/aromatic N) is 5. The Morgan fingerprint density at radius 3 is 3.04 bits per heavy atom. The lowest BCUT2D eigenvalue weighted by Gasteiger charge is -2.20. The fourth-order valence-corrected chi connectivity index (χ4v) is 3.12. The first-order valence-electron chi connectivity index (χ1n) is 8.16. The maximum absolute atomic E-state index is 13.1. The molecule has 0 saturated heterocycles. The summed E-state index contributed by atoms with van der Waals surface area (Å²) in [7, 11) is 0. The van der Waals surface area contributed by atoms with Crippen LogP contribution < -0.4 is 0 Å². The number of hydrogen-bond acceptors (Lipinski definition) is 5. The number of fused-ring (bicyclic) bond motifs is 1. The summed E-state index contributed by atoms with van der Waals surface area (Å²) in [5.74, 6) is -0.0761. The molecule has 0 unspecified atom stereocenters. The molecule has 4 rings (SSSR count). The van der Waals surface area contributed by atoms with E-state index in [4.69, 9.17) is 0 Å². The summed E-state index contributed by atoms with van der Waals surface area (Å²) >= 11 is 0. The SMILES string of the molecule is O=C(c1cn[nH]c1-c1cccnc1)N1CCCn2nc(CO)cc2C1. The smallest absolute Gasteiger partial charge is 0.258 e. The third kappa shape index (κ3) is 2.91. The first kappa shape index (κ1) is 15.5. The summed E-state index contributed by atoms with van der Waals surface area (Å²) in [6.45, 7) is 1.75. The lowest BCUT2D eigenvalue weighted by molar-refractivity contribution is 0.0746. The molecule has 3 aromatic rings. The number of carbonyl (C=O) groups excluding carboxylic acids is 1. The summed E-state index contributed by atoms with van der Waals surface area (Å²) in [5.41, 5.74) is 3.59. The van der Waals surface area contributed by atoms with Crippen molar-refractivity contribution < 1.29 is 9.90 Å². The molecular weight excluding hydrogens is 320 g/mol. The van der Waals surface area contributed by atoms with E-state index in [9.17, 15) is 9.90 Å². The number of nitrogens with one attached hydrogen (secondary N) is 1. The predicted octanol–water partition coefficient (Wildman–Crippen LogP) is 1.21. The highest BCUT2D eigenvalue weighted by atomic mass is 16.3. The van der Waals surface area contributed by atoms with E-state index in [1.165, 1.54) is 0 Å². The molecule has 0 saturated carbocycles. The highest BCUT2D eigenvalue weighted by Crippen LogP contribution is 2.23. The molecule has 0 atom stereocenters. The molecule has 4 heterocycles. The lowest BCUT2D eigenvalue weighted by Crippen LogP contribution is -2.30. The highest BCUT2D eigenvalue weighted by molar-refractivity contribution is 5.99. The maximum Gasteiger partial charge on any atom is 0.258 e. The Balaban J connectivity index is 1.62. The summed E-state index contributed by atoms with van der Waals surface area (Å²) in [6, 6.07) is 5.57. The van der Waals surface area contributed by atoms with E-state index in [1.54, 1.807) is 23.5 Å². The number of carbonyl (C=O) groups is 1. The second-order valence-corrected chi connectivity index (χ2v) is 5.99. The minimum Gasteiger partial charge on any atom is -0.390 e.